The SMILES string of the molecule is CCOC(=O)CN/C=C(/C#N)C(=O)Nc1c(C)cccc1C(C)C. The van der Waals surface area contributed by atoms with E-state index >= 15 is 0 Å². The van der Waals surface area contributed by atoms with Crippen LogP contribution in [0.2, 0.25) is 0 Å². The Hall–Kier alpha value is -2.81. The van der Waals surface area contributed by atoms with E-state index in [9.17, 15) is 9.59 Å². The second-order valence-electron chi connectivity index (χ2n) is 5.50. The number of hydrogen-bond acceptors (Lipinski definition) is 5. The Morgan fingerprint density at radius 2 is 2.08 bits per heavy atom. The van der Waals surface area contributed by atoms with Crippen molar-refractivity contribution >= 4 is 17.6 Å². The molecule has 0 saturated heterocycles. The number of ether oxygens (including phenoxy) is 1. The van der Waals surface area contributed by atoms with Crippen molar-refractivity contribution in [2.75, 3.05) is 18.5 Å². The van der Waals surface area contributed by atoms with E-state index in [1.807, 2.05) is 45.0 Å². The molecule has 1 rings (SSSR count). The first-order chi connectivity index (χ1) is 11.4. The standard InChI is InChI=1S/C18H23N3O3/c1-5-24-16(22)11-20-10-14(9-19)18(23)21-17-13(4)7-6-8-15(17)12(2)3/h6-8,10,12,20H,5,11H2,1-4H3,(H,21,23)/b14-10-. The van der Waals surface area contributed by atoms with Gasteiger partial charge in [-0.15, -0.1) is 0 Å². The Balaban J connectivity index is 2.86. The molecule has 0 saturated carbocycles. The molecule has 6 heteroatoms. The lowest BCUT2D eigenvalue weighted by Gasteiger charge is -2.16. The van der Waals surface area contributed by atoms with Crippen molar-refractivity contribution in [1.29, 1.82) is 5.26 Å². The van der Waals surface area contributed by atoms with Crippen molar-refractivity contribution in [3.05, 3.63) is 41.1 Å². The minimum absolute atomic E-state index is 0.103. The summed E-state index contributed by atoms with van der Waals surface area (Å²) in [6.45, 7) is 7.85. The van der Waals surface area contributed by atoms with Gasteiger partial charge in [0.05, 0.1) is 6.61 Å². The number of carbonyl (C=O) groups excluding carboxylic acids is 2. The molecule has 0 aromatic heterocycles. The molecule has 6 nitrogen and oxygen atoms in total. The summed E-state index contributed by atoms with van der Waals surface area (Å²) < 4.78 is 4.76. The van der Waals surface area contributed by atoms with Gasteiger partial charge in [-0.2, -0.15) is 5.26 Å². The highest BCUT2D eigenvalue weighted by atomic mass is 16.5. The van der Waals surface area contributed by atoms with Gasteiger partial charge >= 0.3 is 5.97 Å². The van der Waals surface area contributed by atoms with Gasteiger partial charge in [0.1, 0.15) is 18.2 Å². The maximum atomic E-state index is 12.3. The van der Waals surface area contributed by atoms with Crippen LogP contribution < -0.4 is 10.6 Å². The third kappa shape index (κ3) is 5.43. The Labute approximate surface area is 142 Å². The topological polar surface area (TPSA) is 91.2 Å². The highest BCUT2D eigenvalue weighted by Gasteiger charge is 2.15. The van der Waals surface area contributed by atoms with E-state index in [-0.39, 0.29) is 24.6 Å². The van der Waals surface area contributed by atoms with Gasteiger partial charge < -0.3 is 15.4 Å². The number of hydrogen-bond donors (Lipinski definition) is 2. The molecule has 0 heterocycles. The van der Waals surface area contributed by atoms with E-state index < -0.39 is 11.9 Å². The second kappa shape index (κ2) is 9.36. The first kappa shape index (κ1) is 19.2. The first-order valence-electron chi connectivity index (χ1n) is 7.80. The average molecular weight is 329 g/mol. The van der Waals surface area contributed by atoms with Gasteiger partial charge in [-0.05, 0) is 30.9 Å². The lowest BCUT2D eigenvalue weighted by atomic mass is 9.98. The number of benzene rings is 1. The van der Waals surface area contributed by atoms with Crippen LogP contribution >= 0.6 is 0 Å². The molecule has 0 aliphatic rings. The van der Waals surface area contributed by atoms with Gasteiger partial charge in [0.2, 0.25) is 0 Å². The monoisotopic (exact) mass is 329 g/mol. The summed E-state index contributed by atoms with van der Waals surface area (Å²) in [6.07, 6.45) is 1.22. The number of anilines is 1. The summed E-state index contributed by atoms with van der Waals surface area (Å²) in [7, 11) is 0. The zero-order valence-corrected chi connectivity index (χ0v) is 14.5. The molecule has 1 aromatic carbocycles. The van der Waals surface area contributed by atoms with Crippen LogP contribution in [0.15, 0.2) is 30.0 Å². The van der Waals surface area contributed by atoms with E-state index in [1.165, 1.54) is 6.20 Å². The van der Waals surface area contributed by atoms with Crippen LogP contribution in [0.25, 0.3) is 0 Å². The third-order valence-electron chi connectivity index (χ3n) is 3.33. The Morgan fingerprint density at radius 3 is 2.67 bits per heavy atom. The first-order valence-corrected chi connectivity index (χ1v) is 7.80. The van der Waals surface area contributed by atoms with Gasteiger partial charge in [-0.1, -0.05) is 32.0 Å². The normalized spacial score (nSPS) is 10.9. The summed E-state index contributed by atoms with van der Waals surface area (Å²) in [4.78, 5) is 23.6. The van der Waals surface area contributed by atoms with Gasteiger partial charge in [0, 0.05) is 11.9 Å². The van der Waals surface area contributed by atoms with Crippen LogP contribution in [-0.2, 0) is 14.3 Å². The fraction of sp³-hybridized carbons (Fsp3) is 0.389. The lowest BCUT2D eigenvalue weighted by Crippen LogP contribution is -2.23. The van der Waals surface area contributed by atoms with Crippen LogP contribution in [0.3, 0.4) is 0 Å². The number of esters is 1. The van der Waals surface area contributed by atoms with Crippen molar-refractivity contribution in [2.24, 2.45) is 0 Å². The number of rotatable bonds is 7. The number of carbonyl (C=O) groups is 2. The summed E-state index contributed by atoms with van der Waals surface area (Å²) in [5.41, 5.74) is 2.52. The minimum atomic E-state index is -0.523. The van der Waals surface area contributed by atoms with Crippen molar-refractivity contribution in [3.8, 4) is 6.07 Å². The molecule has 2 N–H and O–H groups in total. The van der Waals surface area contributed by atoms with E-state index in [0.717, 1.165) is 11.1 Å². The number of para-hydroxylation sites is 1. The summed E-state index contributed by atoms with van der Waals surface area (Å²) in [5, 5.41) is 14.6. The van der Waals surface area contributed by atoms with Crippen molar-refractivity contribution in [1.82, 2.24) is 5.32 Å². The number of nitriles is 1. The van der Waals surface area contributed by atoms with Crippen LogP contribution in [0.4, 0.5) is 5.69 Å². The third-order valence-corrected chi connectivity index (χ3v) is 3.33. The molecule has 0 radical (unpaired) electrons. The fourth-order valence-corrected chi connectivity index (χ4v) is 2.12. The smallest absolute Gasteiger partial charge is 0.325 e. The highest BCUT2D eigenvalue weighted by molar-refractivity contribution is 6.07. The molecule has 1 amide bonds. The molecule has 1 aromatic rings. The molecule has 0 spiro atoms. The van der Waals surface area contributed by atoms with Crippen molar-refractivity contribution < 1.29 is 14.3 Å². The molecule has 128 valence electrons. The molecule has 0 aliphatic carbocycles. The largest absolute Gasteiger partial charge is 0.465 e. The molecule has 0 fully saturated rings. The van der Waals surface area contributed by atoms with Crippen LogP contribution in [0.5, 0.6) is 0 Å². The van der Waals surface area contributed by atoms with E-state index in [0.29, 0.717) is 5.69 Å². The molecule has 24 heavy (non-hydrogen) atoms. The quantitative estimate of drug-likeness (QED) is 0.456. The van der Waals surface area contributed by atoms with E-state index in [1.54, 1.807) is 6.92 Å². The van der Waals surface area contributed by atoms with Crippen LogP contribution in [-0.4, -0.2) is 25.0 Å². The Bertz CT molecular complexity index is 673. The lowest BCUT2D eigenvalue weighted by molar-refractivity contribution is -0.141. The average Bonchev–Trinajstić information content (AvgIpc) is 2.53. The van der Waals surface area contributed by atoms with Gasteiger partial charge in [-0.25, -0.2) is 0 Å². The Kier molecular flexibility index (Phi) is 7.50. The molecule has 0 unspecified atom stereocenters. The highest BCUT2D eigenvalue weighted by Crippen LogP contribution is 2.27. The predicted molar refractivity (Wildman–Crippen MR) is 92.2 cm³/mol. The Morgan fingerprint density at radius 1 is 1.38 bits per heavy atom. The van der Waals surface area contributed by atoms with Crippen molar-refractivity contribution in [3.63, 3.8) is 0 Å². The summed E-state index contributed by atoms with van der Waals surface area (Å²) in [6, 6.07) is 7.61. The molecular formula is C18H23N3O3. The molecular weight excluding hydrogens is 306 g/mol. The second-order valence-corrected chi connectivity index (χ2v) is 5.50. The zero-order chi connectivity index (χ0) is 18.1. The van der Waals surface area contributed by atoms with E-state index in [4.69, 9.17) is 10.00 Å². The molecule has 0 aliphatic heterocycles. The molecule has 0 bridgehead atoms. The number of amides is 1. The fourth-order valence-electron chi connectivity index (χ4n) is 2.12. The minimum Gasteiger partial charge on any atom is -0.465 e. The van der Waals surface area contributed by atoms with E-state index in [2.05, 4.69) is 10.6 Å². The number of nitrogens with zero attached hydrogens (tertiary/aromatic N) is 1. The zero-order valence-electron chi connectivity index (χ0n) is 14.5. The van der Waals surface area contributed by atoms with Gasteiger partial charge in [-0.3, -0.25) is 9.59 Å². The number of nitrogens with one attached hydrogen (secondary N) is 2. The molecule has 0 atom stereocenters. The van der Waals surface area contributed by atoms with Crippen molar-refractivity contribution in [2.45, 2.75) is 33.6 Å². The van der Waals surface area contributed by atoms with Crippen LogP contribution in [0, 0.1) is 18.3 Å². The summed E-state index contributed by atoms with van der Waals surface area (Å²) >= 11 is 0. The van der Waals surface area contributed by atoms with Crippen LogP contribution in [0.1, 0.15) is 37.8 Å². The van der Waals surface area contributed by atoms with Gasteiger partial charge in [0.15, 0.2) is 0 Å². The summed E-state index contributed by atoms with van der Waals surface area (Å²) in [5.74, 6) is -0.742. The maximum absolute atomic E-state index is 12.3. The van der Waals surface area contributed by atoms with Gasteiger partial charge in [0.25, 0.3) is 5.91 Å². The predicted octanol–water partition coefficient (Wildman–Crippen LogP) is 2.62. The maximum Gasteiger partial charge on any atom is 0.325 e. The number of aryl methyl sites for hydroxylation is 1.